The Balaban J connectivity index is 1.97. The molecule has 1 saturated carbocycles. The van der Waals surface area contributed by atoms with Gasteiger partial charge in [-0.05, 0) is 31.7 Å². The Bertz CT molecular complexity index is 319. The normalized spacial score (nSPS) is 32.6. The first-order valence-corrected chi connectivity index (χ1v) is 6.39. The first-order valence-electron chi connectivity index (χ1n) is 6.39. The standard InChI is InChI=1S/C12H21N3O2/c1-15(10-4-2-3-8(10)7-13)12(17)9-5-6-11(16)14-9/h8-10H,2-7,13H2,1H3,(H,14,16). The van der Waals surface area contributed by atoms with Gasteiger partial charge in [0.05, 0.1) is 0 Å². The SMILES string of the molecule is CN(C(=O)C1CCC(=O)N1)C1CCCC1CN. The van der Waals surface area contributed by atoms with Crippen LogP contribution in [0.1, 0.15) is 32.1 Å². The first kappa shape index (κ1) is 12.4. The van der Waals surface area contributed by atoms with Gasteiger partial charge in [0.2, 0.25) is 11.8 Å². The quantitative estimate of drug-likeness (QED) is 0.719. The van der Waals surface area contributed by atoms with E-state index in [2.05, 4.69) is 5.32 Å². The molecule has 2 amide bonds. The van der Waals surface area contributed by atoms with Crippen LogP contribution in [0.3, 0.4) is 0 Å². The third kappa shape index (κ3) is 2.44. The lowest BCUT2D eigenvalue weighted by molar-refractivity contribution is -0.135. The molecule has 2 aliphatic rings. The van der Waals surface area contributed by atoms with Crippen molar-refractivity contribution in [1.82, 2.24) is 10.2 Å². The van der Waals surface area contributed by atoms with Gasteiger partial charge in [-0.1, -0.05) is 6.42 Å². The number of carbonyl (C=O) groups excluding carboxylic acids is 2. The van der Waals surface area contributed by atoms with Crippen molar-refractivity contribution in [2.75, 3.05) is 13.6 Å². The van der Waals surface area contributed by atoms with Crippen molar-refractivity contribution < 1.29 is 9.59 Å². The van der Waals surface area contributed by atoms with Crippen LogP contribution in [0.25, 0.3) is 0 Å². The fourth-order valence-electron chi connectivity index (χ4n) is 3.01. The molecule has 3 atom stereocenters. The van der Waals surface area contributed by atoms with Gasteiger partial charge in [-0.25, -0.2) is 0 Å². The van der Waals surface area contributed by atoms with Crippen LogP contribution < -0.4 is 11.1 Å². The molecule has 2 rings (SSSR count). The van der Waals surface area contributed by atoms with E-state index < -0.39 is 0 Å². The Morgan fingerprint density at radius 3 is 2.82 bits per heavy atom. The minimum atomic E-state index is -0.313. The molecular formula is C12H21N3O2. The van der Waals surface area contributed by atoms with E-state index in [0.717, 1.165) is 19.3 Å². The number of nitrogens with two attached hydrogens (primary N) is 1. The van der Waals surface area contributed by atoms with Crippen LogP contribution in [-0.2, 0) is 9.59 Å². The molecule has 0 aromatic carbocycles. The lowest BCUT2D eigenvalue weighted by Gasteiger charge is -2.31. The van der Waals surface area contributed by atoms with Crippen LogP contribution in [0.5, 0.6) is 0 Å². The summed E-state index contributed by atoms with van der Waals surface area (Å²) in [6.07, 6.45) is 4.37. The Morgan fingerprint density at radius 1 is 1.47 bits per heavy atom. The Morgan fingerprint density at radius 2 is 2.24 bits per heavy atom. The molecule has 1 saturated heterocycles. The Hall–Kier alpha value is -1.10. The van der Waals surface area contributed by atoms with Gasteiger partial charge in [-0.15, -0.1) is 0 Å². The largest absolute Gasteiger partial charge is 0.344 e. The van der Waals surface area contributed by atoms with Gasteiger partial charge in [0.25, 0.3) is 0 Å². The van der Waals surface area contributed by atoms with Crippen LogP contribution in [0.15, 0.2) is 0 Å². The van der Waals surface area contributed by atoms with Gasteiger partial charge < -0.3 is 16.0 Å². The minimum absolute atomic E-state index is 0.0152. The van der Waals surface area contributed by atoms with E-state index in [9.17, 15) is 9.59 Å². The second-order valence-corrected chi connectivity index (χ2v) is 5.10. The van der Waals surface area contributed by atoms with E-state index in [0.29, 0.717) is 25.3 Å². The van der Waals surface area contributed by atoms with Crippen molar-refractivity contribution in [3.05, 3.63) is 0 Å². The molecule has 1 aliphatic heterocycles. The third-order valence-electron chi connectivity index (χ3n) is 4.06. The molecule has 96 valence electrons. The number of carbonyl (C=O) groups is 2. The van der Waals surface area contributed by atoms with Crippen LogP contribution >= 0.6 is 0 Å². The van der Waals surface area contributed by atoms with E-state index in [1.54, 1.807) is 4.90 Å². The number of hydrogen-bond donors (Lipinski definition) is 2. The molecule has 5 heteroatoms. The summed E-state index contributed by atoms with van der Waals surface area (Å²) in [7, 11) is 1.84. The van der Waals surface area contributed by atoms with Gasteiger partial charge in [0, 0.05) is 19.5 Å². The fourth-order valence-corrected chi connectivity index (χ4v) is 3.01. The highest BCUT2D eigenvalue weighted by atomic mass is 16.2. The topological polar surface area (TPSA) is 75.4 Å². The summed E-state index contributed by atoms with van der Waals surface area (Å²) in [5, 5.41) is 2.73. The summed E-state index contributed by atoms with van der Waals surface area (Å²) in [6, 6.07) is -0.0588. The molecular weight excluding hydrogens is 218 g/mol. The fraction of sp³-hybridized carbons (Fsp3) is 0.833. The lowest BCUT2D eigenvalue weighted by Crippen LogP contribution is -2.49. The van der Waals surface area contributed by atoms with E-state index >= 15 is 0 Å². The van der Waals surface area contributed by atoms with Crippen molar-refractivity contribution in [3.63, 3.8) is 0 Å². The summed E-state index contributed by atoms with van der Waals surface area (Å²) in [5.74, 6) is 0.445. The summed E-state index contributed by atoms with van der Waals surface area (Å²) in [4.78, 5) is 25.1. The van der Waals surface area contributed by atoms with Crippen molar-refractivity contribution in [2.45, 2.75) is 44.2 Å². The molecule has 17 heavy (non-hydrogen) atoms. The number of amides is 2. The minimum Gasteiger partial charge on any atom is -0.344 e. The van der Waals surface area contributed by atoms with Gasteiger partial charge in [-0.3, -0.25) is 9.59 Å². The average molecular weight is 239 g/mol. The zero-order chi connectivity index (χ0) is 12.4. The summed E-state index contributed by atoms with van der Waals surface area (Å²) >= 11 is 0. The van der Waals surface area contributed by atoms with E-state index in [1.807, 2.05) is 7.05 Å². The maximum atomic E-state index is 12.2. The van der Waals surface area contributed by atoms with E-state index in [4.69, 9.17) is 5.73 Å². The Kier molecular flexibility index (Phi) is 3.66. The molecule has 1 heterocycles. The highest BCUT2D eigenvalue weighted by Crippen LogP contribution is 2.29. The summed E-state index contributed by atoms with van der Waals surface area (Å²) < 4.78 is 0. The number of nitrogens with zero attached hydrogens (tertiary/aromatic N) is 1. The molecule has 3 N–H and O–H groups in total. The van der Waals surface area contributed by atoms with Crippen molar-refractivity contribution in [2.24, 2.45) is 11.7 Å². The second kappa shape index (κ2) is 5.04. The highest BCUT2D eigenvalue weighted by molar-refractivity contribution is 5.90. The molecule has 0 aromatic heterocycles. The zero-order valence-electron chi connectivity index (χ0n) is 10.3. The predicted molar refractivity (Wildman–Crippen MR) is 64.1 cm³/mol. The van der Waals surface area contributed by atoms with E-state index in [1.165, 1.54) is 0 Å². The maximum absolute atomic E-state index is 12.2. The first-order chi connectivity index (χ1) is 8.13. The smallest absolute Gasteiger partial charge is 0.245 e. The molecule has 5 nitrogen and oxygen atoms in total. The van der Waals surface area contributed by atoms with Crippen LogP contribution in [0, 0.1) is 5.92 Å². The van der Waals surface area contributed by atoms with Gasteiger partial charge >= 0.3 is 0 Å². The highest BCUT2D eigenvalue weighted by Gasteiger charge is 2.36. The summed E-state index contributed by atoms with van der Waals surface area (Å²) in [6.45, 7) is 0.638. The number of rotatable bonds is 3. The number of nitrogens with one attached hydrogen (secondary N) is 1. The number of hydrogen-bond acceptors (Lipinski definition) is 3. The van der Waals surface area contributed by atoms with Crippen molar-refractivity contribution >= 4 is 11.8 Å². The predicted octanol–water partition coefficient (Wildman–Crippen LogP) is -0.149. The van der Waals surface area contributed by atoms with Crippen molar-refractivity contribution in [3.8, 4) is 0 Å². The molecule has 0 aromatic rings. The average Bonchev–Trinajstić information content (AvgIpc) is 2.95. The van der Waals surface area contributed by atoms with E-state index in [-0.39, 0.29) is 23.9 Å². The molecule has 2 fully saturated rings. The summed E-state index contributed by atoms with van der Waals surface area (Å²) in [5.41, 5.74) is 5.73. The lowest BCUT2D eigenvalue weighted by atomic mass is 10.0. The van der Waals surface area contributed by atoms with Gasteiger partial charge in [0.1, 0.15) is 6.04 Å². The maximum Gasteiger partial charge on any atom is 0.245 e. The molecule has 3 unspecified atom stereocenters. The Labute approximate surface area is 102 Å². The van der Waals surface area contributed by atoms with Crippen LogP contribution in [-0.4, -0.2) is 42.4 Å². The molecule has 0 bridgehead atoms. The number of likely N-dealkylation sites (N-methyl/N-ethyl adjacent to an activating group) is 1. The van der Waals surface area contributed by atoms with Crippen molar-refractivity contribution in [1.29, 1.82) is 0 Å². The second-order valence-electron chi connectivity index (χ2n) is 5.10. The zero-order valence-corrected chi connectivity index (χ0v) is 10.3. The van der Waals surface area contributed by atoms with Crippen LogP contribution in [0.2, 0.25) is 0 Å². The molecule has 0 spiro atoms. The van der Waals surface area contributed by atoms with Gasteiger partial charge in [-0.2, -0.15) is 0 Å². The monoisotopic (exact) mass is 239 g/mol. The van der Waals surface area contributed by atoms with Gasteiger partial charge in [0.15, 0.2) is 0 Å². The molecule has 1 aliphatic carbocycles. The van der Waals surface area contributed by atoms with Crippen LogP contribution in [0.4, 0.5) is 0 Å². The third-order valence-corrected chi connectivity index (χ3v) is 4.06. The molecule has 0 radical (unpaired) electrons.